The van der Waals surface area contributed by atoms with Crippen LogP contribution in [0.1, 0.15) is 46.5 Å². The summed E-state index contributed by atoms with van der Waals surface area (Å²) in [6.45, 7) is 6.06. The van der Waals surface area contributed by atoms with E-state index >= 15 is 0 Å². The molecule has 0 atom stereocenters. The Morgan fingerprint density at radius 3 is 1.83 bits per heavy atom. The summed E-state index contributed by atoms with van der Waals surface area (Å²) < 4.78 is 5.09. The highest BCUT2D eigenvalue weighted by Crippen LogP contribution is 2.37. The quantitative estimate of drug-likeness (QED) is 0.639. The molecule has 0 saturated heterocycles. The zero-order chi connectivity index (χ0) is 9.61. The summed E-state index contributed by atoms with van der Waals surface area (Å²) in [6.07, 6.45) is 3.75. The first-order valence-corrected chi connectivity index (χ1v) is 5.57. The van der Waals surface area contributed by atoms with E-state index < -0.39 is 8.60 Å². The summed E-state index contributed by atoms with van der Waals surface area (Å²) in [5.41, 5.74) is -0.349. The molecular weight excluding hydrogens is 175 g/mol. The summed E-state index contributed by atoms with van der Waals surface area (Å²) in [7, 11) is -2.21. The summed E-state index contributed by atoms with van der Waals surface area (Å²) >= 11 is 0. The molecule has 0 aliphatic heterocycles. The van der Waals surface area contributed by atoms with Gasteiger partial charge in [0.2, 0.25) is 0 Å². The topological polar surface area (TPSA) is 49.7 Å². The minimum Gasteiger partial charge on any atom is -0.328 e. The third kappa shape index (κ3) is 5.04. The lowest BCUT2D eigenvalue weighted by molar-refractivity contribution is 0.0538. The Morgan fingerprint density at radius 1 is 1.17 bits per heavy atom. The van der Waals surface area contributed by atoms with Crippen LogP contribution in [0.25, 0.3) is 0 Å². The van der Waals surface area contributed by atoms with Crippen LogP contribution in [0.3, 0.4) is 0 Å². The molecule has 0 spiro atoms. The van der Waals surface area contributed by atoms with Gasteiger partial charge in [0, 0.05) is 0 Å². The van der Waals surface area contributed by atoms with Crippen LogP contribution in [0, 0.1) is 0 Å². The van der Waals surface area contributed by atoms with Gasteiger partial charge in [-0.3, -0.25) is 0 Å². The Hall–Kier alpha value is 0.310. The fraction of sp³-hybridized carbons (Fsp3) is 1.00. The van der Waals surface area contributed by atoms with Gasteiger partial charge in [0.25, 0.3) is 0 Å². The van der Waals surface area contributed by atoms with Crippen molar-refractivity contribution in [1.82, 2.24) is 0 Å². The molecule has 0 rings (SSSR count). The number of rotatable bonds is 6. The molecule has 0 fully saturated rings. The van der Waals surface area contributed by atoms with Crippen LogP contribution in [-0.2, 0) is 4.52 Å². The van der Waals surface area contributed by atoms with E-state index in [4.69, 9.17) is 14.3 Å². The van der Waals surface area contributed by atoms with Crippen LogP contribution in [0.15, 0.2) is 0 Å². The molecule has 0 aromatic rings. The van der Waals surface area contributed by atoms with Gasteiger partial charge >= 0.3 is 8.60 Å². The highest BCUT2D eigenvalue weighted by molar-refractivity contribution is 7.39. The van der Waals surface area contributed by atoms with Gasteiger partial charge in [-0.05, 0) is 19.8 Å². The lowest BCUT2D eigenvalue weighted by atomic mass is 9.95. The normalized spacial score (nSPS) is 12.5. The Bertz CT molecular complexity index is 111. The molecule has 2 N–H and O–H groups in total. The molecule has 0 bridgehead atoms. The van der Waals surface area contributed by atoms with Gasteiger partial charge in [-0.2, -0.15) is 0 Å². The van der Waals surface area contributed by atoms with Gasteiger partial charge in [0.05, 0.1) is 5.60 Å². The first-order chi connectivity index (χ1) is 5.54. The van der Waals surface area contributed by atoms with Crippen molar-refractivity contribution in [2.24, 2.45) is 0 Å². The molecule has 0 aliphatic rings. The number of hydrogen-bond acceptors (Lipinski definition) is 3. The third-order valence-electron chi connectivity index (χ3n) is 1.86. The van der Waals surface area contributed by atoms with Crippen molar-refractivity contribution in [3.63, 3.8) is 0 Å². The maximum atomic E-state index is 8.74. The van der Waals surface area contributed by atoms with Gasteiger partial charge in [-0.25, -0.2) is 0 Å². The first-order valence-electron chi connectivity index (χ1n) is 4.41. The van der Waals surface area contributed by atoms with E-state index in [9.17, 15) is 0 Å². The maximum absolute atomic E-state index is 8.74. The molecule has 0 amide bonds. The minimum absolute atomic E-state index is 0.349. The summed E-state index contributed by atoms with van der Waals surface area (Å²) in [6, 6.07) is 0. The standard InChI is InChI=1S/C8H19O3P/c1-4-6-8(3,7-5-2)11-12(9)10/h9-10H,4-7H2,1-3H3. The van der Waals surface area contributed by atoms with Crippen LogP contribution < -0.4 is 0 Å². The minimum atomic E-state index is -2.21. The molecule has 0 saturated carbocycles. The number of hydrogen-bond donors (Lipinski definition) is 2. The molecule has 12 heavy (non-hydrogen) atoms. The van der Waals surface area contributed by atoms with E-state index in [-0.39, 0.29) is 5.60 Å². The van der Waals surface area contributed by atoms with E-state index in [1.807, 2.05) is 6.92 Å². The van der Waals surface area contributed by atoms with E-state index in [1.54, 1.807) is 0 Å². The van der Waals surface area contributed by atoms with Gasteiger partial charge in [-0.15, -0.1) is 0 Å². The van der Waals surface area contributed by atoms with Gasteiger partial charge in [0.1, 0.15) is 0 Å². The second-order valence-electron chi connectivity index (χ2n) is 3.29. The maximum Gasteiger partial charge on any atom is 0.327 e. The van der Waals surface area contributed by atoms with Crippen molar-refractivity contribution in [3.8, 4) is 0 Å². The fourth-order valence-corrected chi connectivity index (χ4v) is 2.05. The molecule has 0 heterocycles. The Balaban J connectivity index is 3.98. The average molecular weight is 194 g/mol. The molecule has 0 radical (unpaired) electrons. The van der Waals surface area contributed by atoms with Crippen LogP contribution in [0.4, 0.5) is 0 Å². The van der Waals surface area contributed by atoms with Crippen LogP contribution >= 0.6 is 8.60 Å². The summed E-state index contributed by atoms with van der Waals surface area (Å²) in [5.74, 6) is 0. The summed E-state index contributed by atoms with van der Waals surface area (Å²) in [4.78, 5) is 17.5. The average Bonchev–Trinajstić information content (AvgIpc) is 1.85. The van der Waals surface area contributed by atoms with Crippen LogP contribution in [0.5, 0.6) is 0 Å². The van der Waals surface area contributed by atoms with Crippen LogP contribution in [0.2, 0.25) is 0 Å². The molecule has 0 aromatic carbocycles. The monoisotopic (exact) mass is 194 g/mol. The second-order valence-corrected chi connectivity index (χ2v) is 3.98. The highest BCUT2D eigenvalue weighted by Gasteiger charge is 2.26. The Morgan fingerprint density at radius 2 is 1.58 bits per heavy atom. The van der Waals surface area contributed by atoms with Crippen molar-refractivity contribution < 1.29 is 14.3 Å². The van der Waals surface area contributed by atoms with Crippen molar-refractivity contribution in [2.75, 3.05) is 0 Å². The molecular formula is C8H19O3P. The lowest BCUT2D eigenvalue weighted by Crippen LogP contribution is -2.26. The van der Waals surface area contributed by atoms with E-state index in [2.05, 4.69) is 13.8 Å². The smallest absolute Gasteiger partial charge is 0.327 e. The predicted molar refractivity (Wildman–Crippen MR) is 50.7 cm³/mol. The van der Waals surface area contributed by atoms with Crippen molar-refractivity contribution >= 4 is 8.60 Å². The first kappa shape index (κ1) is 12.3. The Labute approximate surface area is 75.8 Å². The molecule has 3 nitrogen and oxygen atoms in total. The van der Waals surface area contributed by atoms with Gasteiger partial charge in [-0.1, -0.05) is 26.7 Å². The SMILES string of the molecule is CCCC(C)(CCC)OP(O)O. The highest BCUT2D eigenvalue weighted by atomic mass is 31.2. The second kappa shape index (κ2) is 5.87. The largest absolute Gasteiger partial charge is 0.328 e. The predicted octanol–water partition coefficient (Wildman–Crippen LogP) is 2.57. The van der Waals surface area contributed by atoms with Crippen LogP contribution in [-0.4, -0.2) is 15.4 Å². The van der Waals surface area contributed by atoms with Crippen molar-refractivity contribution in [3.05, 3.63) is 0 Å². The molecule has 74 valence electrons. The zero-order valence-electron chi connectivity index (χ0n) is 8.08. The summed E-state index contributed by atoms with van der Waals surface area (Å²) in [5, 5.41) is 0. The zero-order valence-corrected chi connectivity index (χ0v) is 8.97. The molecule has 4 heteroatoms. The molecule has 0 aromatic heterocycles. The fourth-order valence-electron chi connectivity index (χ4n) is 1.47. The van der Waals surface area contributed by atoms with E-state index in [1.165, 1.54) is 0 Å². The third-order valence-corrected chi connectivity index (χ3v) is 2.46. The van der Waals surface area contributed by atoms with E-state index in [0.717, 1.165) is 25.7 Å². The van der Waals surface area contributed by atoms with Gasteiger partial charge in [0.15, 0.2) is 0 Å². The molecule has 0 unspecified atom stereocenters. The lowest BCUT2D eigenvalue weighted by Gasteiger charge is -2.28. The van der Waals surface area contributed by atoms with Crippen molar-refractivity contribution in [2.45, 2.75) is 52.1 Å². The molecule has 0 aliphatic carbocycles. The Kier molecular flexibility index (Phi) is 6.02. The van der Waals surface area contributed by atoms with E-state index in [0.29, 0.717) is 0 Å². The van der Waals surface area contributed by atoms with Crippen molar-refractivity contribution in [1.29, 1.82) is 0 Å². The van der Waals surface area contributed by atoms with Gasteiger partial charge < -0.3 is 14.3 Å².